The minimum atomic E-state index is 0.287. The summed E-state index contributed by atoms with van der Waals surface area (Å²) in [6, 6.07) is 47.7. The van der Waals surface area contributed by atoms with E-state index in [9.17, 15) is 0 Å². The highest BCUT2D eigenvalue weighted by Crippen LogP contribution is 2.44. The Morgan fingerprint density at radius 2 is 1.16 bits per heavy atom. The molecule has 0 aliphatic rings. The molecule has 8 aromatic rings. The van der Waals surface area contributed by atoms with Gasteiger partial charge >= 0.3 is 0 Å². The molecule has 246 valence electrons. The molecule has 0 N–H and O–H groups in total. The molecule has 0 radical (unpaired) electrons. The number of aryl methyl sites for hydroxylation is 2. The summed E-state index contributed by atoms with van der Waals surface area (Å²) >= 11 is 0. The van der Waals surface area contributed by atoms with Crippen molar-refractivity contribution in [3.05, 3.63) is 156 Å². The molecule has 0 bridgehead atoms. The molecule has 0 saturated carbocycles. The molecule has 2 heterocycles. The molecule has 8 rings (SSSR count). The van der Waals surface area contributed by atoms with Gasteiger partial charge in [-0.15, -0.1) is 0 Å². The highest BCUT2D eigenvalue weighted by atomic mass is 16.3. The van der Waals surface area contributed by atoms with Gasteiger partial charge in [-0.1, -0.05) is 119 Å². The zero-order chi connectivity index (χ0) is 34.5. The molecular formula is C47H42N2O. The second-order valence-electron chi connectivity index (χ2n) is 14.1. The largest absolute Gasteiger partial charge is 0.455 e. The molecule has 0 aliphatic carbocycles. The normalized spacial score (nSPS) is 11.8. The predicted molar refractivity (Wildman–Crippen MR) is 210 cm³/mol. The predicted octanol–water partition coefficient (Wildman–Crippen LogP) is 13.3. The summed E-state index contributed by atoms with van der Waals surface area (Å²) in [5, 5.41) is 1.06. The average Bonchev–Trinajstić information content (AvgIpc) is 3.74. The number of hydrogen-bond donors (Lipinski definition) is 0. The first-order valence-corrected chi connectivity index (χ1v) is 17.7. The first kappa shape index (κ1) is 31.6. The van der Waals surface area contributed by atoms with Gasteiger partial charge in [0.1, 0.15) is 17.2 Å². The van der Waals surface area contributed by atoms with Crippen LogP contribution >= 0.6 is 0 Å². The fourth-order valence-electron chi connectivity index (χ4n) is 7.51. The van der Waals surface area contributed by atoms with Crippen molar-refractivity contribution in [3.63, 3.8) is 0 Å². The van der Waals surface area contributed by atoms with Crippen LogP contribution in [0.5, 0.6) is 0 Å². The number of para-hydroxylation sites is 2. The Hall–Kier alpha value is -5.67. The minimum Gasteiger partial charge on any atom is -0.455 e. The zero-order valence-electron chi connectivity index (χ0n) is 29.7. The number of fused-ring (bicyclic) bond motifs is 2. The van der Waals surface area contributed by atoms with Crippen LogP contribution in [-0.2, 0) is 0 Å². The van der Waals surface area contributed by atoms with E-state index in [0.29, 0.717) is 0 Å². The van der Waals surface area contributed by atoms with E-state index in [1.807, 2.05) is 6.07 Å². The summed E-state index contributed by atoms with van der Waals surface area (Å²) in [5.41, 5.74) is 16.1. The average molecular weight is 651 g/mol. The fraction of sp³-hybridized carbons (Fsp3) is 0.170. The first-order valence-electron chi connectivity index (χ1n) is 17.7. The number of benzene rings is 6. The Kier molecular flexibility index (Phi) is 7.99. The van der Waals surface area contributed by atoms with Crippen LogP contribution in [0.15, 0.2) is 138 Å². The van der Waals surface area contributed by atoms with Crippen LogP contribution in [0, 0.1) is 13.8 Å². The smallest absolute Gasteiger partial charge is 0.145 e. The summed E-state index contributed by atoms with van der Waals surface area (Å²) in [7, 11) is 0. The van der Waals surface area contributed by atoms with Gasteiger partial charge in [-0.25, -0.2) is 4.98 Å². The van der Waals surface area contributed by atoms with E-state index in [4.69, 9.17) is 9.40 Å². The number of aromatic nitrogens is 2. The number of nitrogens with zero attached hydrogens (tertiary/aromatic N) is 2. The summed E-state index contributed by atoms with van der Waals surface area (Å²) in [6.45, 7) is 13.6. The number of furan rings is 1. The molecule has 3 nitrogen and oxygen atoms in total. The Labute approximate surface area is 294 Å². The molecule has 0 fully saturated rings. The van der Waals surface area contributed by atoms with Crippen molar-refractivity contribution in [2.24, 2.45) is 0 Å². The molecule has 0 unspecified atom stereocenters. The van der Waals surface area contributed by atoms with Gasteiger partial charge in [0.25, 0.3) is 0 Å². The van der Waals surface area contributed by atoms with Crippen molar-refractivity contribution in [3.8, 4) is 50.7 Å². The highest BCUT2D eigenvalue weighted by Gasteiger charge is 2.25. The third kappa shape index (κ3) is 5.44. The topological polar surface area (TPSA) is 31.0 Å². The third-order valence-electron chi connectivity index (χ3n) is 9.99. The second kappa shape index (κ2) is 12.7. The molecule has 0 spiro atoms. The Balaban J connectivity index is 1.46. The van der Waals surface area contributed by atoms with E-state index in [1.165, 1.54) is 44.6 Å². The van der Waals surface area contributed by atoms with Crippen molar-refractivity contribution >= 4 is 22.0 Å². The molecule has 0 saturated heterocycles. The van der Waals surface area contributed by atoms with Gasteiger partial charge in [0.2, 0.25) is 0 Å². The van der Waals surface area contributed by atoms with Gasteiger partial charge in [0.15, 0.2) is 0 Å². The molecule has 0 aliphatic heterocycles. The van der Waals surface area contributed by atoms with Gasteiger partial charge in [-0.05, 0) is 107 Å². The van der Waals surface area contributed by atoms with Gasteiger partial charge in [-0.3, -0.25) is 4.57 Å². The van der Waals surface area contributed by atoms with E-state index in [0.717, 1.165) is 50.3 Å². The maximum Gasteiger partial charge on any atom is 0.145 e. The Morgan fingerprint density at radius 3 is 1.80 bits per heavy atom. The van der Waals surface area contributed by atoms with Crippen LogP contribution < -0.4 is 0 Å². The van der Waals surface area contributed by atoms with Crippen LogP contribution in [0.1, 0.15) is 61.8 Å². The minimum absolute atomic E-state index is 0.287. The highest BCUT2D eigenvalue weighted by molar-refractivity contribution is 6.00. The molecule has 2 aromatic heterocycles. The number of rotatable bonds is 7. The molecular weight excluding hydrogens is 609 g/mol. The first-order chi connectivity index (χ1) is 24.3. The van der Waals surface area contributed by atoms with Crippen LogP contribution in [0.4, 0.5) is 0 Å². The van der Waals surface area contributed by atoms with E-state index in [1.54, 1.807) is 0 Å². The molecule has 6 aromatic carbocycles. The van der Waals surface area contributed by atoms with Crippen LogP contribution in [-0.4, -0.2) is 9.55 Å². The van der Waals surface area contributed by atoms with Gasteiger partial charge in [-0.2, -0.15) is 0 Å². The standard InChI is InChI=1S/C47H42N2O/c1-29(2)38-25-35(33-18-9-7-10-19-33)26-39(30(3)4)45(38)49-42-23-14-13-22-41(42)48-47(49)37-24-36-28-43(34-20-11-8-12-21-34)50-46(36)40(27-37)44-31(5)16-15-17-32(44)6/h7-30H,1-6H3. The van der Waals surface area contributed by atoms with Crippen molar-refractivity contribution in [2.75, 3.05) is 0 Å². The summed E-state index contributed by atoms with van der Waals surface area (Å²) in [5.74, 6) is 2.36. The maximum atomic E-state index is 6.74. The third-order valence-corrected chi connectivity index (χ3v) is 9.99. The van der Waals surface area contributed by atoms with E-state index >= 15 is 0 Å². The lowest BCUT2D eigenvalue weighted by Crippen LogP contribution is -2.09. The van der Waals surface area contributed by atoms with E-state index < -0.39 is 0 Å². The molecule has 3 heteroatoms. The summed E-state index contributed by atoms with van der Waals surface area (Å²) in [4.78, 5) is 5.42. The molecule has 50 heavy (non-hydrogen) atoms. The summed E-state index contributed by atoms with van der Waals surface area (Å²) in [6.07, 6.45) is 0. The van der Waals surface area contributed by atoms with Crippen molar-refractivity contribution < 1.29 is 4.42 Å². The second-order valence-corrected chi connectivity index (χ2v) is 14.1. The zero-order valence-corrected chi connectivity index (χ0v) is 29.7. The van der Waals surface area contributed by atoms with Crippen LogP contribution in [0.2, 0.25) is 0 Å². The van der Waals surface area contributed by atoms with E-state index in [2.05, 4.69) is 174 Å². The number of imidazole rings is 1. The number of hydrogen-bond acceptors (Lipinski definition) is 2. The lowest BCUT2D eigenvalue weighted by atomic mass is 9.88. The van der Waals surface area contributed by atoms with Gasteiger partial charge in [0, 0.05) is 22.1 Å². The quantitative estimate of drug-likeness (QED) is 0.172. The Morgan fingerprint density at radius 1 is 0.560 bits per heavy atom. The molecule has 0 amide bonds. The lowest BCUT2D eigenvalue weighted by Gasteiger charge is -2.24. The van der Waals surface area contributed by atoms with Crippen molar-refractivity contribution in [1.82, 2.24) is 9.55 Å². The van der Waals surface area contributed by atoms with Crippen molar-refractivity contribution in [1.29, 1.82) is 0 Å². The summed E-state index contributed by atoms with van der Waals surface area (Å²) < 4.78 is 9.18. The van der Waals surface area contributed by atoms with Crippen LogP contribution in [0.25, 0.3) is 72.7 Å². The Bertz CT molecular complexity index is 2450. The maximum absolute atomic E-state index is 6.74. The van der Waals surface area contributed by atoms with Gasteiger partial charge < -0.3 is 4.42 Å². The molecule has 0 atom stereocenters. The van der Waals surface area contributed by atoms with Gasteiger partial charge in [0.05, 0.1) is 16.7 Å². The SMILES string of the molecule is Cc1cccc(C)c1-c1cc(-c2nc3ccccc3n2-c2c(C(C)C)cc(-c3ccccc3)cc2C(C)C)cc2cc(-c3ccccc3)oc12. The lowest BCUT2D eigenvalue weighted by molar-refractivity contribution is 0.632. The fourth-order valence-corrected chi connectivity index (χ4v) is 7.51. The monoisotopic (exact) mass is 650 g/mol. The van der Waals surface area contributed by atoms with E-state index in [-0.39, 0.29) is 11.8 Å². The van der Waals surface area contributed by atoms with Crippen LogP contribution in [0.3, 0.4) is 0 Å². The van der Waals surface area contributed by atoms with Crippen molar-refractivity contribution in [2.45, 2.75) is 53.4 Å².